The first-order chi connectivity index (χ1) is 18.8. The Morgan fingerprint density at radius 3 is 2.41 bits per heavy atom. The molecule has 0 aliphatic carbocycles. The number of methoxy groups -OCH3 is 2. The van der Waals surface area contributed by atoms with Gasteiger partial charge in [-0.2, -0.15) is 4.98 Å². The van der Waals surface area contributed by atoms with Crippen molar-refractivity contribution >= 4 is 5.91 Å². The Morgan fingerprint density at radius 1 is 1.08 bits per heavy atom. The number of amides is 1. The van der Waals surface area contributed by atoms with Crippen LogP contribution in [0, 0.1) is 12.7 Å². The van der Waals surface area contributed by atoms with Crippen LogP contribution >= 0.6 is 0 Å². The van der Waals surface area contributed by atoms with Crippen LogP contribution in [0.4, 0.5) is 4.39 Å². The normalized spacial score (nSPS) is 14.9. The summed E-state index contributed by atoms with van der Waals surface area (Å²) in [6, 6.07) is 12.9. The van der Waals surface area contributed by atoms with Crippen molar-refractivity contribution in [3.8, 4) is 34.5 Å². The molecule has 1 aliphatic rings. The number of carbonyl (C=O) groups excluding carboxylic acids is 1. The van der Waals surface area contributed by atoms with Crippen LogP contribution in [0.3, 0.4) is 0 Å². The maximum atomic E-state index is 14.1. The number of halogens is 1. The molecule has 10 heteroatoms. The Kier molecular flexibility index (Phi) is 7.02. The van der Waals surface area contributed by atoms with Crippen molar-refractivity contribution in [1.29, 1.82) is 0 Å². The molecule has 5 rings (SSSR count). The van der Waals surface area contributed by atoms with E-state index in [1.807, 2.05) is 6.92 Å². The molecule has 1 atom stereocenters. The van der Waals surface area contributed by atoms with Crippen molar-refractivity contribution in [2.75, 3.05) is 27.3 Å². The standard InChI is InChI=1S/C29H27FN4O5/c1-17-13-20(15-31-14-17)26-32-27(35)24(29(37)34(26)25-22(38-2)5-4-6-23(25)39-3)28(36)33-12-11-19(16-33)18-7-9-21(30)10-8-18/h4-10,13-15,19,35H,11-12,16H2,1-3H3. The van der Waals surface area contributed by atoms with E-state index in [9.17, 15) is 19.1 Å². The average Bonchev–Trinajstić information content (AvgIpc) is 3.43. The number of hydrogen-bond acceptors (Lipinski definition) is 7. The zero-order valence-electron chi connectivity index (χ0n) is 21.7. The first-order valence-corrected chi connectivity index (χ1v) is 12.4. The fourth-order valence-electron chi connectivity index (χ4n) is 4.94. The summed E-state index contributed by atoms with van der Waals surface area (Å²) in [6.07, 6.45) is 3.80. The van der Waals surface area contributed by atoms with Gasteiger partial charge in [-0.05, 0) is 54.8 Å². The minimum absolute atomic E-state index is 0.0289. The number of para-hydroxylation sites is 1. The van der Waals surface area contributed by atoms with Crippen molar-refractivity contribution in [2.45, 2.75) is 19.3 Å². The van der Waals surface area contributed by atoms with Gasteiger partial charge in [-0.15, -0.1) is 0 Å². The van der Waals surface area contributed by atoms with E-state index in [2.05, 4.69) is 9.97 Å². The summed E-state index contributed by atoms with van der Waals surface area (Å²) in [5.74, 6) is -1.01. The summed E-state index contributed by atoms with van der Waals surface area (Å²) in [7, 11) is 2.91. The molecule has 2 aromatic carbocycles. The second-order valence-corrected chi connectivity index (χ2v) is 9.33. The summed E-state index contributed by atoms with van der Waals surface area (Å²) >= 11 is 0. The lowest BCUT2D eigenvalue weighted by molar-refractivity contribution is 0.0784. The number of ether oxygens (including phenoxy) is 2. The second-order valence-electron chi connectivity index (χ2n) is 9.33. The SMILES string of the molecule is COc1cccc(OC)c1-n1c(-c2cncc(C)c2)nc(O)c(C(=O)N2CCC(c3ccc(F)cc3)C2)c1=O. The van der Waals surface area contributed by atoms with Crippen LogP contribution in [-0.4, -0.2) is 57.8 Å². The molecule has 39 heavy (non-hydrogen) atoms. The Balaban J connectivity index is 1.65. The van der Waals surface area contributed by atoms with Crippen molar-refractivity contribution < 1.29 is 23.8 Å². The monoisotopic (exact) mass is 530 g/mol. The number of nitrogens with zero attached hydrogens (tertiary/aromatic N) is 4. The Morgan fingerprint density at radius 2 is 1.77 bits per heavy atom. The number of aromatic hydroxyl groups is 1. The van der Waals surface area contributed by atoms with Crippen molar-refractivity contribution in [2.24, 2.45) is 0 Å². The van der Waals surface area contributed by atoms with E-state index >= 15 is 0 Å². The van der Waals surface area contributed by atoms with Crippen LogP contribution in [0.2, 0.25) is 0 Å². The van der Waals surface area contributed by atoms with Gasteiger partial charge in [0.2, 0.25) is 5.88 Å². The number of benzene rings is 2. The Hall–Kier alpha value is -4.73. The molecule has 0 spiro atoms. The molecule has 1 N–H and O–H groups in total. The fraction of sp³-hybridized carbons (Fsp3) is 0.241. The summed E-state index contributed by atoms with van der Waals surface area (Å²) < 4.78 is 25.7. The van der Waals surface area contributed by atoms with Crippen LogP contribution in [0.15, 0.2) is 65.7 Å². The number of aryl methyl sites for hydroxylation is 1. The first-order valence-electron chi connectivity index (χ1n) is 12.4. The number of aromatic nitrogens is 3. The molecule has 9 nitrogen and oxygen atoms in total. The molecule has 1 saturated heterocycles. The number of carbonyl (C=O) groups is 1. The molecule has 0 bridgehead atoms. The van der Waals surface area contributed by atoms with E-state index in [0.29, 0.717) is 36.6 Å². The minimum Gasteiger partial charge on any atom is -0.494 e. The summed E-state index contributed by atoms with van der Waals surface area (Å²) in [5.41, 5.74) is 1.14. The molecular weight excluding hydrogens is 503 g/mol. The van der Waals surface area contributed by atoms with E-state index in [1.54, 1.807) is 42.6 Å². The minimum atomic E-state index is -0.781. The smallest absolute Gasteiger partial charge is 0.275 e. The van der Waals surface area contributed by atoms with E-state index in [4.69, 9.17) is 9.47 Å². The summed E-state index contributed by atoms with van der Waals surface area (Å²) in [4.78, 5) is 37.9. The Labute approximate surface area is 224 Å². The Bertz CT molecular complexity index is 1580. The molecule has 4 aromatic rings. The third kappa shape index (κ3) is 4.81. The van der Waals surface area contributed by atoms with Gasteiger partial charge in [0, 0.05) is 37.0 Å². The largest absolute Gasteiger partial charge is 0.494 e. The van der Waals surface area contributed by atoms with Crippen LogP contribution in [0.25, 0.3) is 17.1 Å². The molecule has 1 fully saturated rings. The number of likely N-dealkylation sites (tertiary alicyclic amines) is 1. The lowest BCUT2D eigenvalue weighted by Gasteiger charge is -2.21. The molecule has 1 unspecified atom stereocenters. The quantitative estimate of drug-likeness (QED) is 0.400. The van der Waals surface area contributed by atoms with Gasteiger partial charge in [-0.25, -0.2) is 4.39 Å². The van der Waals surface area contributed by atoms with Crippen molar-refractivity contribution in [3.63, 3.8) is 0 Å². The van der Waals surface area contributed by atoms with E-state index in [0.717, 1.165) is 11.1 Å². The maximum Gasteiger partial charge on any atom is 0.275 e. The van der Waals surface area contributed by atoms with Gasteiger partial charge in [-0.3, -0.25) is 19.1 Å². The van der Waals surface area contributed by atoms with Crippen LogP contribution in [-0.2, 0) is 0 Å². The topological polar surface area (TPSA) is 107 Å². The third-order valence-electron chi connectivity index (χ3n) is 6.85. The predicted molar refractivity (Wildman–Crippen MR) is 142 cm³/mol. The molecule has 0 saturated carbocycles. The van der Waals surface area contributed by atoms with E-state index in [-0.39, 0.29) is 23.2 Å². The lowest BCUT2D eigenvalue weighted by atomic mass is 9.99. The predicted octanol–water partition coefficient (Wildman–Crippen LogP) is 4.09. The molecule has 1 amide bonds. The van der Waals surface area contributed by atoms with Gasteiger partial charge >= 0.3 is 0 Å². The molecule has 0 radical (unpaired) electrons. The highest BCUT2D eigenvalue weighted by atomic mass is 19.1. The lowest BCUT2D eigenvalue weighted by Crippen LogP contribution is -2.36. The van der Waals surface area contributed by atoms with Crippen LogP contribution < -0.4 is 15.0 Å². The van der Waals surface area contributed by atoms with Gasteiger partial charge in [-0.1, -0.05) is 18.2 Å². The highest BCUT2D eigenvalue weighted by Crippen LogP contribution is 2.36. The molecule has 1 aliphatic heterocycles. The first kappa shape index (κ1) is 25.9. The molecule has 200 valence electrons. The summed E-state index contributed by atoms with van der Waals surface area (Å²) in [5, 5.41) is 11.0. The highest BCUT2D eigenvalue weighted by Gasteiger charge is 2.34. The van der Waals surface area contributed by atoms with Crippen molar-refractivity contribution in [1.82, 2.24) is 19.4 Å². The van der Waals surface area contributed by atoms with E-state index in [1.165, 1.54) is 42.0 Å². The average molecular weight is 531 g/mol. The molecular formula is C29H27FN4O5. The maximum absolute atomic E-state index is 14.1. The molecule has 2 aromatic heterocycles. The van der Waals surface area contributed by atoms with Gasteiger partial charge < -0.3 is 19.5 Å². The highest BCUT2D eigenvalue weighted by molar-refractivity contribution is 5.96. The number of pyridine rings is 1. The fourth-order valence-corrected chi connectivity index (χ4v) is 4.94. The zero-order chi connectivity index (χ0) is 27.7. The number of hydrogen-bond donors (Lipinski definition) is 1. The zero-order valence-corrected chi connectivity index (χ0v) is 21.7. The van der Waals surface area contributed by atoms with Gasteiger partial charge in [0.1, 0.15) is 23.0 Å². The van der Waals surface area contributed by atoms with Gasteiger partial charge in [0.15, 0.2) is 11.4 Å². The number of rotatable bonds is 6. The van der Waals surface area contributed by atoms with Crippen LogP contribution in [0.5, 0.6) is 17.4 Å². The van der Waals surface area contributed by atoms with Gasteiger partial charge in [0.05, 0.1) is 14.2 Å². The van der Waals surface area contributed by atoms with Gasteiger partial charge in [0.25, 0.3) is 11.5 Å². The second kappa shape index (κ2) is 10.6. The van der Waals surface area contributed by atoms with E-state index < -0.39 is 22.9 Å². The third-order valence-corrected chi connectivity index (χ3v) is 6.85. The summed E-state index contributed by atoms with van der Waals surface area (Å²) in [6.45, 7) is 2.51. The van der Waals surface area contributed by atoms with Crippen LogP contribution in [0.1, 0.15) is 33.8 Å². The van der Waals surface area contributed by atoms with Crippen molar-refractivity contribution in [3.05, 3.63) is 93.8 Å². The molecule has 3 heterocycles.